The van der Waals surface area contributed by atoms with E-state index in [9.17, 15) is 29.3 Å². The molecule has 0 bridgehead atoms. The lowest BCUT2D eigenvalue weighted by Crippen LogP contribution is -2.37. The first-order valence-electron chi connectivity index (χ1n) is 8.95. The fourth-order valence-electron chi connectivity index (χ4n) is 2.26. The molecule has 6 N–H and O–H groups in total. The molecule has 0 aliphatic carbocycles. The molecule has 1 fully saturated rings. The fourth-order valence-corrected chi connectivity index (χ4v) is 2.26. The maximum absolute atomic E-state index is 9.94. The number of hydrogen-bond donors (Lipinski definition) is 5. The first-order chi connectivity index (χ1) is 14.5. The van der Waals surface area contributed by atoms with Crippen LogP contribution in [0, 0.1) is 16.0 Å². The third kappa shape index (κ3) is 24.4. The summed E-state index contributed by atoms with van der Waals surface area (Å²) in [7, 11) is 0. The van der Waals surface area contributed by atoms with Crippen LogP contribution in [0.5, 0.6) is 0 Å². The van der Waals surface area contributed by atoms with Crippen molar-refractivity contribution >= 4 is 23.9 Å². The highest BCUT2D eigenvalue weighted by molar-refractivity contribution is 5.90. The van der Waals surface area contributed by atoms with E-state index < -0.39 is 29.0 Å². The van der Waals surface area contributed by atoms with Crippen LogP contribution in [-0.2, 0) is 24.0 Å². The van der Waals surface area contributed by atoms with E-state index in [-0.39, 0.29) is 6.61 Å². The van der Waals surface area contributed by atoms with Crippen molar-refractivity contribution < 1.29 is 49.5 Å². The Morgan fingerprint density at radius 2 is 1.32 bits per heavy atom. The number of likely N-dealkylation sites (tertiary alicyclic amines) is 1. The standard InChI is InChI=1S/C9H19N3O3.2C4H4O4/c10-4-7-11-5-1-9(2-6-11)3-8-15-12(13)14;2*5-3(6)1-2-4(7)8/h9H,1-8,10H2;2*1-2H,(H,5,6)(H,7,8). The monoisotopic (exact) mass is 449 g/mol. The molecular weight excluding hydrogens is 422 g/mol. The Balaban J connectivity index is 0. The van der Waals surface area contributed by atoms with Crippen molar-refractivity contribution in [1.29, 1.82) is 0 Å². The molecule has 1 rings (SSSR count). The van der Waals surface area contributed by atoms with Gasteiger partial charge in [0.15, 0.2) is 0 Å². The van der Waals surface area contributed by atoms with Crippen LogP contribution in [-0.4, -0.2) is 87.1 Å². The van der Waals surface area contributed by atoms with Crippen LogP contribution in [0.15, 0.2) is 24.3 Å². The van der Waals surface area contributed by atoms with Gasteiger partial charge in [0, 0.05) is 37.4 Å². The van der Waals surface area contributed by atoms with E-state index in [4.69, 9.17) is 26.2 Å². The molecule has 0 aromatic rings. The normalized spacial score (nSPS) is 14.1. The SMILES string of the molecule is NCCN1CCC(CCO[N+](=O)[O-])CC1.O=C(O)C=CC(=O)O.O=C(O)C=CC(=O)O. The smallest absolute Gasteiger partial charge is 0.328 e. The van der Waals surface area contributed by atoms with Crippen molar-refractivity contribution in [3.05, 3.63) is 34.4 Å². The van der Waals surface area contributed by atoms with Crippen LogP contribution in [0.2, 0.25) is 0 Å². The average molecular weight is 449 g/mol. The summed E-state index contributed by atoms with van der Waals surface area (Å²) >= 11 is 0. The second kappa shape index (κ2) is 18.5. The predicted molar refractivity (Wildman–Crippen MR) is 105 cm³/mol. The summed E-state index contributed by atoms with van der Waals surface area (Å²) in [5.41, 5.74) is 5.47. The summed E-state index contributed by atoms with van der Waals surface area (Å²) in [5.74, 6) is -4.46. The third-order valence-corrected chi connectivity index (χ3v) is 3.61. The van der Waals surface area contributed by atoms with Gasteiger partial charge in [-0.15, -0.1) is 10.1 Å². The molecule has 0 aromatic heterocycles. The van der Waals surface area contributed by atoms with E-state index in [1.807, 2.05) is 0 Å². The zero-order chi connectivity index (χ0) is 24.2. The molecule has 0 aromatic carbocycles. The van der Waals surface area contributed by atoms with Crippen LogP contribution >= 0.6 is 0 Å². The number of hydrogen-bond acceptors (Lipinski definition) is 9. The van der Waals surface area contributed by atoms with Gasteiger partial charge in [0.05, 0.1) is 6.61 Å². The third-order valence-electron chi connectivity index (χ3n) is 3.61. The maximum Gasteiger partial charge on any atom is 0.328 e. The molecule has 1 saturated heterocycles. The minimum Gasteiger partial charge on any atom is -0.478 e. The van der Waals surface area contributed by atoms with E-state index in [1.165, 1.54) is 0 Å². The molecule has 1 aliphatic heterocycles. The lowest BCUT2D eigenvalue weighted by atomic mass is 9.94. The topological polar surface area (TPSA) is 231 Å². The van der Waals surface area contributed by atoms with Crippen LogP contribution < -0.4 is 5.73 Å². The van der Waals surface area contributed by atoms with Gasteiger partial charge >= 0.3 is 23.9 Å². The maximum atomic E-state index is 9.94. The van der Waals surface area contributed by atoms with Gasteiger partial charge in [-0.1, -0.05) is 0 Å². The van der Waals surface area contributed by atoms with Crippen molar-refractivity contribution in [1.82, 2.24) is 4.90 Å². The van der Waals surface area contributed by atoms with E-state index >= 15 is 0 Å². The van der Waals surface area contributed by atoms with Crippen LogP contribution in [0.3, 0.4) is 0 Å². The molecule has 176 valence electrons. The number of carbonyl (C=O) groups is 4. The zero-order valence-electron chi connectivity index (χ0n) is 16.7. The highest BCUT2D eigenvalue weighted by atomic mass is 16.9. The summed E-state index contributed by atoms with van der Waals surface area (Å²) < 4.78 is 0. The van der Waals surface area contributed by atoms with Crippen LogP contribution in [0.4, 0.5) is 0 Å². The van der Waals surface area contributed by atoms with E-state index in [2.05, 4.69) is 9.74 Å². The van der Waals surface area contributed by atoms with Gasteiger partial charge in [-0.3, -0.25) is 0 Å². The molecule has 1 heterocycles. The molecule has 14 heteroatoms. The first-order valence-corrected chi connectivity index (χ1v) is 8.95. The van der Waals surface area contributed by atoms with Crippen LogP contribution in [0.1, 0.15) is 19.3 Å². The van der Waals surface area contributed by atoms with Gasteiger partial charge in [0.25, 0.3) is 5.09 Å². The predicted octanol–water partition coefficient (Wildman–Crippen LogP) is -0.321. The summed E-state index contributed by atoms with van der Waals surface area (Å²) in [6.07, 6.45) is 5.22. The summed E-state index contributed by atoms with van der Waals surface area (Å²) in [4.78, 5) is 54.8. The molecule has 0 radical (unpaired) electrons. The minimum atomic E-state index is -1.26. The van der Waals surface area contributed by atoms with Crippen LogP contribution in [0.25, 0.3) is 0 Å². The highest BCUT2D eigenvalue weighted by Gasteiger charge is 2.18. The second-order valence-corrected chi connectivity index (χ2v) is 5.94. The molecule has 0 saturated carbocycles. The van der Waals surface area contributed by atoms with Gasteiger partial charge in [0.1, 0.15) is 0 Å². The molecule has 31 heavy (non-hydrogen) atoms. The van der Waals surface area contributed by atoms with Gasteiger partial charge in [0.2, 0.25) is 0 Å². The Hall–Kier alpha value is -3.52. The summed E-state index contributed by atoms with van der Waals surface area (Å²) in [6.45, 7) is 4.00. The van der Waals surface area contributed by atoms with Crippen molar-refractivity contribution in [2.75, 3.05) is 32.8 Å². The number of piperidine rings is 1. The Labute approximate surface area is 177 Å². The molecule has 1 aliphatic rings. The van der Waals surface area contributed by atoms with Gasteiger partial charge in [-0.05, 0) is 38.3 Å². The molecular formula is C17H27N3O11. The van der Waals surface area contributed by atoms with Gasteiger partial charge in [-0.25, -0.2) is 19.2 Å². The number of aliphatic carboxylic acids is 4. The highest BCUT2D eigenvalue weighted by Crippen LogP contribution is 2.19. The summed E-state index contributed by atoms with van der Waals surface area (Å²) in [6, 6.07) is 0. The second-order valence-electron chi connectivity index (χ2n) is 5.94. The lowest BCUT2D eigenvalue weighted by molar-refractivity contribution is -0.758. The number of nitrogens with two attached hydrogens (primary N) is 1. The van der Waals surface area contributed by atoms with Crippen molar-refractivity contribution in [2.45, 2.75) is 19.3 Å². The number of nitrogens with zero attached hydrogens (tertiary/aromatic N) is 2. The van der Waals surface area contributed by atoms with E-state index in [1.54, 1.807) is 0 Å². The van der Waals surface area contributed by atoms with E-state index in [0.717, 1.165) is 38.9 Å². The molecule has 0 atom stereocenters. The Bertz CT molecular complexity index is 575. The molecule has 0 unspecified atom stereocenters. The Morgan fingerprint density at radius 1 is 0.935 bits per heavy atom. The molecule has 14 nitrogen and oxygen atoms in total. The van der Waals surface area contributed by atoms with Gasteiger partial charge in [-0.2, -0.15) is 0 Å². The molecule has 0 amide bonds. The van der Waals surface area contributed by atoms with Gasteiger partial charge < -0.3 is 35.9 Å². The zero-order valence-corrected chi connectivity index (χ0v) is 16.7. The lowest BCUT2D eigenvalue weighted by Gasteiger charge is -2.31. The molecule has 0 spiro atoms. The minimum absolute atomic E-state index is 0.231. The number of carboxylic acid groups (broad SMARTS) is 4. The van der Waals surface area contributed by atoms with E-state index in [0.29, 0.717) is 36.8 Å². The summed E-state index contributed by atoms with van der Waals surface area (Å²) in [5, 5.41) is 40.5. The van der Waals surface area contributed by atoms with Crippen molar-refractivity contribution in [3.8, 4) is 0 Å². The first kappa shape index (κ1) is 29.7. The number of rotatable bonds is 10. The average Bonchev–Trinajstić information content (AvgIpc) is 2.67. The largest absolute Gasteiger partial charge is 0.478 e. The van der Waals surface area contributed by atoms with Crippen molar-refractivity contribution in [3.63, 3.8) is 0 Å². The Morgan fingerprint density at radius 3 is 1.61 bits per heavy atom. The number of carboxylic acids is 4. The Kier molecular flexibility index (Phi) is 17.7. The fraction of sp³-hybridized carbons (Fsp3) is 0.529. The quantitative estimate of drug-likeness (QED) is 0.164. The van der Waals surface area contributed by atoms with Crippen molar-refractivity contribution in [2.24, 2.45) is 11.7 Å².